The highest BCUT2D eigenvalue weighted by Crippen LogP contribution is 2.28. The Morgan fingerprint density at radius 3 is 2.65 bits per heavy atom. The topological polar surface area (TPSA) is 94.3 Å². The van der Waals surface area contributed by atoms with Crippen LogP contribution in [0, 0.1) is 5.82 Å². The summed E-state index contributed by atoms with van der Waals surface area (Å²) in [4.78, 5) is 27.6. The molecule has 7 heteroatoms. The molecule has 31 heavy (non-hydrogen) atoms. The Kier molecular flexibility index (Phi) is 5.57. The van der Waals surface area contributed by atoms with Crippen molar-refractivity contribution in [3.8, 4) is 5.75 Å². The van der Waals surface area contributed by atoms with Crippen molar-refractivity contribution < 1.29 is 18.7 Å². The number of anilines is 1. The number of fused-ring (bicyclic) bond motifs is 1. The molecule has 3 aromatic carbocycles. The first-order valence-corrected chi connectivity index (χ1v) is 9.47. The maximum absolute atomic E-state index is 13.9. The van der Waals surface area contributed by atoms with Crippen LogP contribution in [0.4, 0.5) is 10.1 Å². The van der Waals surface area contributed by atoms with E-state index in [1.807, 2.05) is 18.2 Å². The third-order valence-corrected chi connectivity index (χ3v) is 4.70. The van der Waals surface area contributed by atoms with Crippen molar-refractivity contribution in [2.45, 2.75) is 6.61 Å². The van der Waals surface area contributed by atoms with Crippen LogP contribution in [0.2, 0.25) is 0 Å². The van der Waals surface area contributed by atoms with Crippen molar-refractivity contribution in [1.29, 1.82) is 0 Å². The molecule has 0 saturated heterocycles. The molecule has 0 bridgehead atoms. The Hall–Kier alpha value is -4.26. The van der Waals surface area contributed by atoms with Gasteiger partial charge in [-0.2, -0.15) is 0 Å². The molecule has 0 saturated carbocycles. The molecule has 0 radical (unpaired) electrons. The third-order valence-electron chi connectivity index (χ3n) is 4.70. The first-order chi connectivity index (χ1) is 15.0. The lowest BCUT2D eigenvalue weighted by atomic mass is 10.1. The summed E-state index contributed by atoms with van der Waals surface area (Å²) in [6, 6.07) is 20.0. The number of hydrogen-bond donors (Lipinski definition) is 2. The number of halogens is 1. The molecule has 4 rings (SSSR count). The Bertz CT molecular complexity index is 1290. The quantitative estimate of drug-likeness (QED) is 0.491. The molecule has 0 aliphatic rings. The molecule has 2 amide bonds. The molecule has 0 aliphatic heterocycles. The maximum Gasteiger partial charge on any atom is 0.267 e. The second-order valence-electron chi connectivity index (χ2n) is 6.82. The first kappa shape index (κ1) is 20.0. The van der Waals surface area contributed by atoms with Gasteiger partial charge >= 0.3 is 0 Å². The smallest absolute Gasteiger partial charge is 0.267 e. The van der Waals surface area contributed by atoms with Crippen molar-refractivity contribution in [1.82, 2.24) is 4.98 Å². The minimum Gasteiger partial charge on any atom is -0.489 e. The fourth-order valence-electron chi connectivity index (χ4n) is 3.16. The van der Waals surface area contributed by atoms with Gasteiger partial charge in [0.1, 0.15) is 23.9 Å². The fourth-order valence-corrected chi connectivity index (χ4v) is 3.16. The van der Waals surface area contributed by atoms with E-state index in [-0.39, 0.29) is 17.9 Å². The molecule has 0 fully saturated rings. The van der Waals surface area contributed by atoms with Crippen LogP contribution < -0.4 is 15.8 Å². The second kappa shape index (κ2) is 8.62. The van der Waals surface area contributed by atoms with E-state index in [2.05, 4.69) is 10.3 Å². The zero-order chi connectivity index (χ0) is 21.8. The van der Waals surface area contributed by atoms with E-state index >= 15 is 0 Å². The molecule has 0 aliphatic carbocycles. The van der Waals surface area contributed by atoms with Crippen LogP contribution in [0.25, 0.3) is 10.8 Å². The molecular formula is C24H18FN3O3. The zero-order valence-corrected chi connectivity index (χ0v) is 16.3. The largest absolute Gasteiger partial charge is 0.489 e. The van der Waals surface area contributed by atoms with Crippen molar-refractivity contribution in [2.75, 3.05) is 5.32 Å². The molecule has 4 aromatic rings. The molecule has 0 spiro atoms. The van der Waals surface area contributed by atoms with Crippen molar-refractivity contribution in [2.24, 2.45) is 5.73 Å². The Morgan fingerprint density at radius 1 is 1.00 bits per heavy atom. The SMILES string of the molecule is NC(=O)c1cc(COc2ccc3c(NC(=O)c4ccccc4F)cccc3c2)ccn1. The lowest BCUT2D eigenvalue weighted by Gasteiger charge is -2.11. The van der Waals surface area contributed by atoms with E-state index in [0.29, 0.717) is 11.4 Å². The lowest BCUT2D eigenvalue weighted by molar-refractivity contribution is 0.0992. The number of nitrogens with two attached hydrogens (primary N) is 1. The normalized spacial score (nSPS) is 10.6. The molecule has 0 unspecified atom stereocenters. The number of nitrogens with one attached hydrogen (secondary N) is 1. The monoisotopic (exact) mass is 415 g/mol. The van der Waals surface area contributed by atoms with E-state index in [1.165, 1.54) is 24.4 Å². The van der Waals surface area contributed by atoms with Gasteiger partial charge in [-0.05, 0) is 59.5 Å². The number of carbonyl (C=O) groups excluding carboxylic acids is 2. The Balaban J connectivity index is 1.53. The second-order valence-corrected chi connectivity index (χ2v) is 6.82. The number of rotatable bonds is 6. The highest BCUT2D eigenvalue weighted by molar-refractivity contribution is 6.09. The van der Waals surface area contributed by atoms with Crippen molar-refractivity contribution >= 4 is 28.3 Å². The van der Waals surface area contributed by atoms with E-state index < -0.39 is 17.6 Å². The molecule has 0 atom stereocenters. The summed E-state index contributed by atoms with van der Waals surface area (Å²) < 4.78 is 19.7. The number of aromatic nitrogens is 1. The predicted octanol–water partition coefficient (Wildman–Crippen LogP) is 4.30. The van der Waals surface area contributed by atoms with E-state index in [1.54, 1.807) is 36.4 Å². The van der Waals surface area contributed by atoms with Gasteiger partial charge in [0.2, 0.25) is 0 Å². The van der Waals surface area contributed by atoms with Crippen LogP contribution in [-0.2, 0) is 6.61 Å². The standard InChI is InChI=1S/C24H18FN3O3/c25-20-6-2-1-5-19(20)24(30)28-21-7-3-4-16-13-17(8-9-18(16)21)31-14-15-10-11-27-22(12-15)23(26)29/h1-13H,14H2,(H2,26,29)(H,28,30). The van der Waals surface area contributed by atoms with Gasteiger partial charge in [0, 0.05) is 17.3 Å². The van der Waals surface area contributed by atoms with E-state index in [0.717, 1.165) is 16.3 Å². The fraction of sp³-hybridized carbons (Fsp3) is 0.0417. The van der Waals surface area contributed by atoms with Gasteiger partial charge in [-0.3, -0.25) is 14.6 Å². The summed E-state index contributed by atoms with van der Waals surface area (Å²) in [6.45, 7) is 0.234. The predicted molar refractivity (Wildman–Crippen MR) is 115 cm³/mol. The minimum atomic E-state index is -0.600. The summed E-state index contributed by atoms with van der Waals surface area (Å²) in [5.41, 5.74) is 6.73. The van der Waals surface area contributed by atoms with Crippen molar-refractivity contribution in [3.05, 3.63) is 102 Å². The molecule has 3 N–H and O–H groups in total. The van der Waals surface area contributed by atoms with Crippen LogP contribution in [0.5, 0.6) is 5.75 Å². The number of hydrogen-bond acceptors (Lipinski definition) is 4. The van der Waals surface area contributed by atoms with Gasteiger partial charge in [0.05, 0.1) is 5.56 Å². The summed E-state index contributed by atoms with van der Waals surface area (Å²) in [5, 5.41) is 4.40. The number of benzene rings is 3. The average Bonchev–Trinajstić information content (AvgIpc) is 2.78. The van der Waals surface area contributed by atoms with Gasteiger partial charge in [-0.25, -0.2) is 4.39 Å². The van der Waals surface area contributed by atoms with E-state index in [4.69, 9.17) is 10.5 Å². The highest BCUT2D eigenvalue weighted by atomic mass is 19.1. The van der Waals surface area contributed by atoms with Crippen LogP contribution in [0.3, 0.4) is 0 Å². The van der Waals surface area contributed by atoms with Crippen LogP contribution in [0.1, 0.15) is 26.4 Å². The van der Waals surface area contributed by atoms with E-state index in [9.17, 15) is 14.0 Å². The number of amides is 2. The van der Waals surface area contributed by atoms with Crippen LogP contribution in [0.15, 0.2) is 79.0 Å². The molecule has 154 valence electrons. The van der Waals surface area contributed by atoms with Gasteiger partial charge in [-0.15, -0.1) is 0 Å². The van der Waals surface area contributed by atoms with Gasteiger partial charge < -0.3 is 15.8 Å². The summed E-state index contributed by atoms with van der Waals surface area (Å²) >= 11 is 0. The summed E-state index contributed by atoms with van der Waals surface area (Å²) in [5.74, 6) is -1.08. The summed E-state index contributed by atoms with van der Waals surface area (Å²) in [6.07, 6.45) is 1.50. The van der Waals surface area contributed by atoms with Gasteiger partial charge in [0.25, 0.3) is 11.8 Å². The lowest BCUT2D eigenvalue weighted by Crippen LogP contribution is -2.13. The highest BCUT2D eigenvalue weighted by Gasteiger charge is 2.13. The summed E-state index contributed by atoms with van der Waals surface area (Å²) in [7, 11) is 0. The first-order valence-electron chi connectivity index (χ1n) is 9.47. The number of pyridine rings is 1. The molecule has 6 nitrogen and oxygen atoms in total. The van der Waals surface area contributed by atoms with Crippen molar-refractivity contribution in [3.63, 3.8) is 0 Å². The van der Waals surface area contributed by atoms with Crippen LogP contribution >= 0.6 is 0 Å². The Morgan fingerprint density at radius 2 is 1.84 bits per heavy atom. The Labute approximate surface area is 177 Å². The zero-order valence-electron chi connectivity index (χ0n) is 16.3. The maximum atomic E-state index is 13.9. The molecule has 1 aromatic heterocycles. The number of carbonyl (C=O) groups is 2. The van der Waals surface area contributed by atoms with Gasteiger partial charge in [0.15, 0.2) is 0 Å². The average molecular weight is 415 g/mol. The molecule has 1 heterocycles. The van der Waals surface area contributed by atoms with Crippen LogP contribution in [-0.4, -0.2) is 16.8 Å². The number of ether oxygens (including phenoxy) is 1. The number of nitrogens with zero attached hydrogens (tertiary/aromatic N) is 1. The van der Waals surface area contributed by atoms with Gasteiger partial charge in [-0.1, -0.05) is 24.3 Å². The minimum absolute atomic E-state index is 0.0212. The molecular weight excluding hydrogens is 397 g/mol. The number of primary amides is 1. The third kappa shape index (κ3) is 4.51.